The fraction of sp³-hybridized carbons (Fsp3) is 0.667. The van der Waals surface area contributed by atoms with Crippen LogP contribution in [0.2, 0.25) is 0 Å². The highest BCUT2D eigenvalue weighted by Gasteiger charge is 2.18. The average Bonchev–Trinajstić information content (AvgIpc) is 2.72. The summed E-state index contributed by atoms with van der Waals surface area (Å²) in [4.78, 5) is 15.7. The minimum atomic E-state index is -0.304. The molecule has 1 unspecified atom stereocenters. The molecule has 0 aliphatic carbocycles. The Morgan fingerprint density at radius 2 is 2.24 bits per heavy atom. The number of rotatable bonds is 4. The van der Waals surface area contributed by atoms with Gasteiger partial charge >= 0.3 is 5.97 Å². The second kappa shape index (κ2) is 5.60. The van der Waals surface area contributed by atoms with E-state index in [-0.39, 0.29) is 17.4 Å². The van der Waals surface area contributed by atoms with Crippen LogP contribution in [0.3, 0.4) is 0 Å². The molecule has 1 rings (SSSR count). The summed E-state index contributed by atoms with van der Waals surface area (Å²) in [6, 6.07) is -0.304. The minimum absolute atomic E-state index is 0.0721. The van der Waals surface area contributed by atoms with Crippen LogP contribution in [0.15, 0.2) is 5.38 Å². The zero-order valence-corrected chi connectivity index (χ0v) is 11.9. The summed E-state index contributed by atoms with van der Waals surface area (Å²) in [6.45, 7) is 8.78. The molecule has 1 N–H and O–H groups in total. The van der Waals surface area contributed by atoms with E-state index in [1.54, 1.807) is 18.3 Å². The molecular weight excluding hydrogens is 236 g/mol. The molecule has 1 aromatic rings. The third-order valence-electron chi connectivity index (χ3n) is 2.43. The van der Waals surface area contributed by atoms with Gasteiger partial charge < -0.3 is 4.74 Å². The molecule has 0 fully saturated rings. The number of carbonyl (C=O) groups excluding carboxylic acids is 1. The van der Waals surface area contributed by atoms with E-state index in [0.29, 0.717) is 6.54 Å². The van der Waals surface area contributed by atoms with Crippen molar-refractivity contribution in [2.24, 2.45) is 0 Å². The molecule has 0 saturated carbocycles. The molecule has 96 valence electrons. The van der Waals surface area contributed by atoms with Gasteiger partial charge in [0.2, 0.25) is 0 Å². The molecule has 0 aromatic carbocycles. The molecule has 0 radical (unpaired) electrons. The SMILES string of the molecule is COC(=O)C(C)NCc1nc(C(C)(C)C)cs1. The van der Waals surface area contributed by atoms with E-state index in [0.717, 1.165) is 10.7 Å². The van der Waals surface area contributed by atoms with Crippen LogP contribution in [-0.2, 0) is 21.5 Å². The first-order valence-corrected chi connectivity index (χ1v) is 6.48. The lowest BCUT2D eigenvalue weighted by atomic mass is 9.93. The van der Waals surface area contributed by atoms with Crippen molar-refractivity contribution in [3.8, 4) is 0 Å². The quantitative estimate of drug-likeness (QED) is 0.838. The zero-order chi connectivity index (χ0) is 13.1. The predicted molar refractivity (Wildman–Crippen MR) is 69.1 cm³/mol. The summed E-state index contributed by atoms with van der Waals surface area (Å²) in [5.74, 6) is -0.252. The van der Waals surface area contributed by atoms with Crippen molar-refractivity contribution in [3.05, 3.63) is 16.1 Å². The largest absolute Gasteiger partial charge is 0.468 e. The molecule has 0 amide bonds. The van der Waals surface area contributed by atoms with Gasteiger partial charge in [-0.1, -0.05) is 20.8 Å². The van der Waals surface area contributed by atoms with E-state index in [2.05, 4.69) is 41.2 Å². The molecule has 1 aromatic heterocycles. The normalized spacial score (nSPS) is 13.5. The van der Waals surface area contributed by atoms with Gasteiger partial charge in [0.25, 0.3) is 0 Å². The fourth-order valence-corrected chi connectivity index (χ4v) is 2.21. The summed E-state index contributed by atoms with van der Waals surface area (Å²) in [5.41, 5.74) is 1.16. The third kappa shape index (κ3) is 4.09. The van der Waals surface area contributed by atoms with Crippen molar-refractivity contribution in [1.29, 1.82) is 0 Å². The molecule has 1 atom stereocenters. The first kappa shape index (κ1) is 14.1. The van der Waals surface area contributed by atoms with E-state index in [4.69, 9.17) is 0 Å². The van der Waals surface area contributed by atoms with Gasteiger partial charge in [0.15, 0.2) is 0 Å². The van der Waals surface area contributed by atoms with Crippen LogP contribution in [0.25, 0.3) is 0 Å². The molecule has 0 bridgehead atoms. The maximum atomic E-state index is 11.2. The van der Waals surface area contributed by atoms with E-state index < -0.39 is 0 Å². The average molecular weight is 256 g/mol. The van der Waals surface area contributed by atoms with Gasteiger partial charge in [-0.3, -0.25) is 10.1 Å². The number of methoxy groups -OCH3 is 1. The van der Waals surface area contributed by atoms with Gasteiger partial charge in [-0.25, -0.2) is 4.98 Å². The number of thiazole rings is 1. The number of carbonyl (C=O) groups is 1. The fourth-order valence-electron chi connectivity index (χ4n) is 1.24. The maximum Gasteiger partial charge on any atom is 0.322 e. The number of hydrogen-bond acceptors (Lipinski definition) is 5. The highest BCUT2D eigenvalue weighted by Crippen LogP contribution is 2.23. The number of nitrogens with one attached hydrogen (secondary N) is 1. The molecule has 0 spiro atoms. The highest BCUT2D eigenvalue weighted by atomic mass is 32.1. The van der Waals surface area contributed by atoms with Crippen LogP contribution >= 0.6 is 11.3 Å². The van der Waals surface area contributed by atoms with Gasteiger partial charge in [-0.05, 0) is 6.92 Å². The number of nitrogens with zero attached hydrogens (tertiary/aromatic N) is 1. The van der Waals surface area contributed by atoms with Crippen LogP contribution in [-0.4, -0.2) is 24.1 Å². The first-order valence-electron chi connectivity index (χ1n) is 5.60. The van der Waals surface area contributed by atoms with Crippen molar-refractivity contribution < 1.29 is 9.53 Å². The van der Waals surface area contributed by atoms with Crippen molar-refractivity contribution >= 4 is 17.3 Å². The van der Waals surface area contributed by atoms with Gasteiger partial charge in [0.05, 0.1) is 12.8 Å². The topological polar surface area (TPSA) is 51.2 Å². The van der Waals surface area contributed by atoms with Crippen molar-refractivity contribution in [1.82, 2.24) is 10.3 Å². The summed E-state index contributed by atoms with van der Waals surface area (Å²) in [6.07, 6.45) is 0. The molecule has 17 heavy (non-hydrogen) atoms. The summed E-state index contributed by atoms with van der Waals surface area (Å²) < 4.78 is 4.64. The predicted octanol–water partition coefficient (Wildman–Crippen LogP) is 2.09. The number of hydrogen-bond donors (Lipinski definition) is 1. The highest BCUT2D eigenvalue weighted by molar-refractivity contribution is 7.09. The van der Waals surface area contributed by atoms with Crippen molar-refractivity contribution in [3.63, 3.8) is 0 Å². The Bertz CT molecular complexity index is 382. The second-order valence-electron chi connectivity index (χ2n) is 5.00. The van der Waals surface area contributed by atoms with Gasteiger partial charge in [0, 0.05) is 17.3 Å². The Balaban J connectivity index is 2.53. The Labute approximate surface area is 106 Å². The molecule has 0 aliphatic rings. The van der Waals surface area contributed by atoms with Crippen LogP contribution in [0.4, 0.5) is 0 Å². The molecule has 0 aliphatic heterocycles. The Morgan fingerprint density at radius 3 is 2.71 bits per heavy atom. The Morgan fingerprint density at radius 1 is 1.59 bits per heavy atom. The van der Waals surface area contributed by atoms with Gasteiger partial charge in [0.1, 0.15) is 11.0 Å². The van der Waals surface area contributed by atoms with Crippen LogP contribution in [0, 0.1) is 0 Å². The number of aromatic nitrogens is 1. The maximum absolute atomic E-state index is 11.2. The minimum Gasteiger partial charge on any atom is -0.468 e. The monoisotopic (exact) mass is 256 g/mol. The van der Waals surface area contributed by atoms with E-state index in [9.17, 15) is 4.79 Å². The molecule has 4 nitrogen and oxygen atoms in total. The van der Waals surface area contributed by atoms with Crippen LogP contribution < -0.4 is 5.32 Å². The first-order chi connectivity index (χ1) is 7.84. The Hall–Kier alpha value is -0.940. The van der Waals surface area contributed by atoms with Gasteiger partial charge in [-0.2, -0.15) is 0 Å². The van der Waals surface area contributed by atoms with Crippen LogP contribution in [0.1, 0.15) is 38.4 Å². The molecule has 0 saturated heterocycles. The lowest BCUT2D eigenvalue weighted by Crippen LogP contribution is -2.34. The second-order valence-corrected chi connectivity index (χ2v) is 5.94. The number of ether oxygens (including phenoxy) is 1. The summed E-state index contributed by atoms with van der Waals surface area (Å²) in [7, 11) is 1.39. The van der Waals surface area contributed by atoms with Crippen molar-refractivity contribution in [2.45, 2.75) is 45.7 Å². The molecular formula is C12H20N2O2S. The Kier molecular flexibility index (Phi) is 4.65. The standard InChI is InChI=1S/C12H20N2O2S/c1-8(11(15)16-5)13-6-10-14-9(7-17-10)12(2,3)4/h7-8,13H,6H2,1-5H3. The molecule has 5 heteroatoms. The lowest BCUT2D eigenvalue weighted by Gasteiger charge is -2.14. The van der Waals surface area contributed by atoms with E-state index >= 15 is 0 Å². The summed E-state index contributed by atoms with van der Waals surface area (Å²) >= 11 is 1.61. The van der Waals surface area contributed by atoms with E-state index in [1.807, 2.05) is 0 Å². The summed E-state index contributed by atoms with van der Waals surface area (Å²) in [5, 5.41) is 6.15. The smallest absolute Gasteiger partial charge is 0.322 e. The molecule has 1 heterocycles. The van der Waals surface area contributed by atoms with Crippen molar-refractivity contribution in [2.75, 3.05) is 7.11 Å². The lowest BCUT2D eigenvalue weighted by molar-refractivity contribution is -0.142. The zero-order valence-electron chi connectivity index (χ0n) is 11.0. The van der Waals surface area contributed by atoms with Crippen LogP contribution in [0.5, 0.6) is 0 Å². The van der Waals surface area contributed by atoms with E-state index in [1.165, 1.54) is 7.11 Å². The van der Waals surface area contributed by atoms with Gasteiger partial charge in [-0.15, -0.1) is 11.3 Å². The third-order valence-corrected chi connectivity index (χ3v) is 3.28. The number of esters is 1.